The molecule has 0 aliphatic carbocycles. The topological polar surface area (TPSA) is 50.4 Å². The average molecular weight is 345 g/mol. The predicted molar refractivity (Wildman–Crippen MR) is 69.6 cm³/mol. The van der Waals surface area contributed by atoms with Gasteiger partial charge in [-0.05, 0) is 44.0 Å². The van der Waals surface area contributed by atoms with Gasteiger partial charge in [0, 0.05) is 12.3 Å². The first-order valence-corrected chi connectivity index (χ1v) is 5.99. The van der Waals surface area contributed by atoms with Crippen molar-refractivity contribution in [3.8, 4) is 0 Å². The van der Waals surface area contributed by atoms with Gasteiger partial charge < -0.3 is 4.42 Å². The van der Waals surface area contributed by atoms with Crippen molar-refractivity contribution in [1.29, 1.82) is 0 Å². The van der Waals surface area contributed by atoms with Crippen LogP contribution in [-0.4, -0.2) is 11.2 Å². The number of nitrogens with one attached hydrogen (secondary N) is 1. The predicted octanol–water partition coefficient (Wildman–Crippen LogP) is 3.65. The van der Waals surface area contributed by atoms with Crippen LogP contribution in [0, 0.1) is 0 Å². The highest BCUT2D eigenvalue weighted by Crippen LogP contribution is 2.25. The van der Waals surface area contributed by atoms with Crippen LogP contribution in [0.5, 0.6) is 0 Å². The molecule has 0 amide bonds. The molecule has 0 unspecified atom stereocenters. The Kier molecular flexibility index (Phi) is 3.74. The Morgan fingerprint density at radius 1 is 1.38 bits per heavy atom. The number of rotatable bonds is 3. The van der Waals surface area contributed by atoms with Crippen LogP contribution < -0.4 is 5.43 Å². The van der Waals surface area contributed by atoms with E-state index in [9.17, 15) is 0 Å². The van der Waals surface area contributed by atoms with Crippen molar-refractivity contribution in [3.05, 3.63) is 45.4 Å². The molecule has 0 bridgehead atoms. The van der Waals surface area contributed by atoms with E-state index >= 15 is 0 Å². The maximum Gasteiger partial charge on any atom is 0.184 e. The first kappa shape index (κ1) is 11.3. The van der Waals surface area contributed by atoms with Crippen molar-refractivity contribution >= 4 is 43.9 Å². The number of anilines is 1. The molecule has 82 valence electrons. The van der Waals surface area contributed by atoms with Gasteiger partial charge in [-0.25, -0.2) is 4.98 Å². The molecule has 6 heteroatoms. The zero-order chi connectivity index (χ0) is 11.4. The number of hydrogen-bond acceptors (Lipinski definition) is 4. The van der Waals surface area contributed by atoms with Crippen LogP contribution in [0.15, 0.2) is 49.1 Å². The Hall–Kier alpha value is -1.14. The highest BCUT2D eigenvalue weighted by molar-refractivity contribution is 9.13. The van der Waals surface area contributed by atoms with Gasteiger partial charge in [0.25, 0.3) is 0 Å². The summed E-state index contributed by atoms with van der Waals surface area (Å²) in [7, 11) is 0. The van der Waals surface area contributed by atoms with Gasteiger partial charge in [0.15, 0.2) is 4.67 Å². The number of hydrazone groups is 1. The Bertz CT molecular complexity index is 477. The first-order valence-electron chi connectivity index (χ1n) is 4.40. The Labute approximate surface area is 109 Å². The van der Waals surface area contributed by atoms with Crippen molar-refractivity contribution in [3.63, 3.8) is 0 Å². The standard InChI is InChI=1S/C10H7Br2N3O/c11-8-5-7(16-10(8)12)6-14-15-9-3-1-2-4-13-9/h1-6H,(H,13,15)/b14-6+. The summed E-state index contributed by atoms with van der Waals surface area (Å²) < 4.78 is 6.81. The Balaban J connectivity index is 2.00. The monoisotopic (exact) mass is 343 g/mol. The molecule has 0 spiro atoms. The van der Waals surface area contributed by atoms with Crippen molar-refractivity contribution in [2.45, 2.75) is 0 Å². The molecule has 0 atom stereocenters. The molecule has 4 nitrogen and oxygen atoms in total. The zero-order valence-corrected chi connectivity index (χ0v) is 11.2. The fourth-order valence-electron chi connectivity index (χ4n) is 1.02. The number of hydrogen-bond donors (Lipinski definition) is 1. The maximum atomic E-state index is 5.31. The number of halogens is 2. The molecule has 16 heavy (non-hydrogen) atoms. The van der Waals surface area contributed by atoms with Gasteiger partial charge in [-0.2, -0.15) is 5.10 Å². The summed E-state index contributed by atoms with van der Waals surface area (Å²) in [5.74, 6) is 1.32. The van der Waals surface area contributed by atoms with Gasteiger partial charge in [-0.3, -0.25) is 5.43 Å². The van der Waals surface area contributed by atoms with Gasteiger partial charge in [-0.1, -0.05) is 6.07 Å². The minimum absolute atomic E-state index is 0.641. The zero-order valence-electron chi connectivity index (χ0n) is 8.02. The van der Waals surface area contributed by atoms with E-state index in [1.165, 1.54) is 0 Å². The summed E-state index contributed by atoms with van der Waals surface area (Å²) in [6, 6.07) is 7.36. The molecule has 0 aliphatic rings. The van der Waals surface area contributed by atoms with Crippen LogP contribution in [-0.2, 0) is 0 Å². The highest BCUT2D eigenvalue weighted by Gasteiger charge is 2.02. The van der Waals surface area contributed by atoms with Crippen molar-refractivity contribution in [1.82, 2.24) is 4.98 Å². The molecule has 1 N–H and O–H groups in total. The lowest BCUT2D eigenvalue weighted by Gasteiger charge is -1.95. The molecule has 0 aliphatic heterocycles. The molecule has 2 aromatic rings. The molecule has 0 saturated heterocycles. The van der Waals surface area contributed by atoms with Gasteiger partial charge in [0.2, 0.25) is 0 Å². The second kappa shape index (κ2) is 5.27. The smallest absolute Gasteiger partial charge is 0.184 e. The third kappa shape index (κ3) is 2.93. The van der Waals surface area contributed by atoms with E-state index in [1.54, 1.807) is 12.4 Å². The summed E-state index contributed by atoms with van der Waals surface area (Å²) in [6.07, 6.45) is 3.27. The summed E-state index contributed by atoms with van der Waals surface area (Å²) in [5.41, 5.74) is 2.79. The highest BCUT2D eigenvalue weighted by atomic mass is 79.9. The molecule has 2 aromatic heterocycles. The van der Waals surface area contributed by atoms with Gasteiger partial charge >= 0.3 is 0 Å². The van der Waals surface area contributed by atoms with E-state index in [0.717, 1.165) is 4.47 Å². The van der Waals surface area contributed by atoms with E-state index in [1.807, 2.05) is 24.3 Å². The van der Waals surface area contributed by atoms with Crippen molar-refractivity contribution < 1.29 is 4.42 Å². The fourth-order valence-corrected chi connectivity index (χ4v) is 1.63. The lowest BCUT2D eigenvalue weighted by Crippen LogP contribution is -1.91. The summed E-state index contributed by atoms with van der Waals surface area (Å²) in [5, 5.41) is 3.99. The van der Waals surface area contributed by atoms with E-state index < -0.39 is 0 Å². The molecule has 0 fully saturated rings. The fraction of sp³-hybridized carbons (Fsp3) is 0. The lowest BCUT2D eigenvalue weighted by molar-refractivity contribution is 0.533. The lowest BCUT2D eigenvalue weighted by atomic mass is 10.5. The number of aromatic nitrogens is 1. The second-order valence-electron chi connectivity index (χ2n) is 2.86. The first-order chi connectivity index (χ1) is 7.75. The summed E-state index contributed by atoms with van der Waals surface area (Å²) in [6.45, 7) is 0. The van der Waals surface area contributed by atoms with E-state index in [4.69, 9.17) is 4.42 Å². The molecule has 2 rings (SSSR count). The molecule has 2 heterocycles. The third-order valence-corrected chi connectivity index (χ3v) is 3.41. The molecule has 0 radical (unpaired) electrons. The van der Waals surface area contributed by atoms with E-state index in [0.29, 0.717) is 16.2 Å². The van der Waals surface area contributed by atoms with Crippen LogP contribution in [0.2, 0.25) is 0 Å². The average Bonchev–Trinajstić information content (AvgIpc) is 2.60. The summed E-state index contributed by atoms with van der Waals surface area (Å²) >= 11 is 6.56. The molecule has 0 saturated carbocycles. The largest absolute Gasteiger partial charge is 0.447 e. The second-order valence-corrected chi connectivity index (χ2v) is 4.43. The molecule has 0 aromatic carbocycles. The van der Waals surface area contributed by atoms with Gasteiger partial charge in [-0.15, -0.1) is 0 Å². The van der Waals surface area contributed by atoms with Crippen LogP contribution in [0.1, 0.15) is 5.76 Å². The Morgan fingerprint density at radius 3 is 2.88 bits per heavy atom. The van der Waals surface area contributed by atoms with E-state index in [2.05, 4.69) is 47.4 Å². The minimum Gasteiger partial charge on any atom is -0.447 e. The van der Waals surface area contributed by atoms with Gasteiger partial charge in [0.05, 0.1) is 10.7 Å². The van der Waals surface area contributed by atoms with Crippen LogP contribution in [0.3, 0.4) is 0 Å². The van der Waals surface area contributed by atoms with Gasteiger partial charge in [0.1, 0.15) is 11.6 Å². The van der Waals surface area contributed by atoms with Crippen LogP contribution >= 0.6 is 31.9 Å². The molecular weight excluding hydrogens is 338 g/mol. The van der Waals surface area contributed by atoms with Crippen molar-refractivity contribution in [2.75, 3.05) is 5.43 Å². The summed E-state index contributed by atoms with van der Waals surface area (Å²) in [4.78, 5) is 4.06. The quantitative estimate of drug-likeness (QED) is 0.683. The van der Waals surface area contributed by atoms with Crippen LogP contribution in [0.4, 0.5) is 5.82 Å². The maximum absolute atomic E-state index is 5.31. The van der Waals surface area contributed by atoms with Crippen LogP contribution in [0.25, 0.3) is 0 Å². The number of furan rings is 1. The molecular formula is C10H7Br2N3O. The minimum atomic E-state index is 0.641. The number of nitrogens with zero attached hydrogens (tertiary/aromatic N) is 2. The Morgan fingerprint density at radius 2 is 2.25 bits per heavy atom. The van der Waals surface area contributed by atoms with E-state index in [-0.39, 0.29) is 0 Å². The SMILES string of the molecule is Brc1cc(/C=N/Nc2ccccn2)oc1Br. The number of pyridine rings is 1. The van der Waals surface area contributed by atoms with Crippen molar-refractivity contribution in [2.24, 2.45) is 5.10 Å². The normalized spacial score (nSPS) is 10.9. The third-order valence-electron chi connectivity index (χ3n) is 1.70.